The van der Waals surface area contributed by atoms with Gasteiger partial charge in [0, 0.05) is 32.7 Å². The van der Waals surface area contributed by atoms with Crippen LogP contribution >= 0.6 is 35.3 Å². The van der Waals surface area contributed by atoms with E-state index in [1.807, 2.05) is 60.7 Å². The zero-order valence-corrected chi connectivity index (χ0v) is 27.3. The van der Waals surface area contributed by atoms with Crippen LogP contribution in [-0.2, 0) is 38.0 Å². The number of nitrogens with one attached hydrogen (secondary N) is 1. The summed E-state index contributed by atoms with van der Waals surface area (Å²) in [6.45, 7) is 0. The molecule has 0 unspecified atom stereocenters. The quantitative estimate of drug-likeness (QED) is 0.0989. The summed E-state index contributed by atoms with van der Waals surface area (Å²) in [6, 6.07) is 18.8. The molecule has 6 rings (SSSR count). The first kappa shape index (κ1) is 31.7. The monoisotopic (exact) mass is 680 g/mol. The molecular formula is C28H28N10O5S3. The predicted molar refractivity (Wildman–Crippen MR) is 168 cm³/mol. The molecule has 2 amide bonds. The molecule has 4 heterocycles. The van der Waals surface area contributed by atoms with Gasteiger partial charge in [-0.05, 0) is 37.6 Å². The van der Waals surface area contributed by atoms with E-state index in [1.165, 1.54) is 44.9 Å². The molecule has 0 aliphatic carbocycles. The van der Waals surface area contributed by atoms with Crippen molar-refractivity contribution in [1.29, 1.82) is 0 Å². The van der Waals surface area contributed by atoms with Crippen LogP contribution in [0.5, 0.6) is 0 Å². The van der Waals surface area contributed by atoms with Crippen molar-refractivity contribution in [3.05, 3.63) is 83.1 Å². The van der Waals surface area contributed by atoms with Gasteiger partial charge in [-0.15, -0.1) is 22.0 Å². The number of fused-ring (bicyclic) bond motifs is 1. The standard InChI is InChI=1S/C28H28N10O5S3/c1-36-26(30-32-34-36)45-15-19-14-44-25-28(42-3,29-20(39)16-46-27-31-33-35-37(27)2)24(41)38(25)21(19)23(40)43-22(17-10-6-4-7-11-17)18-12-8-5-9-13-18/h4-13,22,25H,14-16H2,1-3H3,(H,29,39)/t25-,28+/m1/s1. The van der Waals surface area contributed by atoms with Crippen LogP contribution in [0, 0.1) is 0 Å². The van der Waals surface area contributed by atoms with Crippen LogP contribution in [0.2, 0.25) is 0 Å². The minimum atomic E-state index is -1.68. The average molecular weight is 681 g/mol. The molecule has 2 aromatic carbocycles. The highest BCUT2D eigenvalue weighted by Crippen LogP contribution is 2.48. The molecular weight excluding hydrogens is 653 g/mol. The molecule has 18 heteroatoms. The van der Waals surface area contributed by atoms with Crippen molar-refractivity contribution in [3.63, 3.8) is 0 Å². The van der Waals surface area contributed by atoms with Crippen LogP contribution in [0.15, 0.2) is 82.2 Å². The number of carbonyl (C=O) groups is 3. The fourth-order valence-electron chi connectivity index (χ4n) is 5.00. The second-order valence-electron chi connectivity index (χ2n) is 10.1. The van der Waals surface area contributed by atoms with Gasteiger partial charge in [0.15, 0.2) is 6.10 Å². The Hall–Kier alpha value is -4.26. The summed E-state index contributed by atoms with van der Waals surface area (Å²) in [5.41, 5.74) is 0.628. The Balaban J connectivity index is 1.29. The van der Waals surface area contributed by atoms with E-state index in [9.17, 15) is 14.4 Å². The maximum Gasteiger partial charge on any atom is 0.356 e. The molecule has 4 aromatic rings. The number of carbonyl (C=O) groups excluding carboxylic acids is 3. The van der Waals surface area contributed by atoms with E-state index in [0.29, 0.717) is 27.4 Å². The third-order valence-electron chi connectivity index (χ3n) is 7.25. The number of benzene rings is 2. The number of nitrogens with zero attached hydrogens (tertiary/aromatic N) is 9. The first-order valence-corrected chi connectivity index (χ1v) is 16.9. The lowest BCUT2D eigenvalue weighted by Gasteiger charge is -2.56. The zero-order valence-electron chi connectivity index (χ0n) is 24.8. The van der Waals surface area contributed by atoms with Crippen LogP contribution in [0.3, 0.4) is 0 Å². The summed E-state index contributed by atoms with van der Waals surface area (Å²) in [5, 5.41) is 25.8. The van der Waals surface area contributed by atoms with Gasteiger partial charge in [0.1, 0.15) is 11.1 Å². The maximum absolute atomic E-state index is 14.2. The molecule has 2 aromatic heterocycles. The van der Waals surface area contributed by atoms with Crippen LogP contribution in [-0.4, -0.2) is 98.6 Å². The minimum Gasteiger partial charge on any atom is -0.448 e. The second-order valence-corrected chi connectivity index (χ2v) is 13.1. The summed E-state index contributed by atoms with van der Waals surface area (Å²) >= 11 is 3.82. The van der Waals surface area contributed by atoms with Crippen molar-refractivity contribution in [2.75, 3.05) is 24.4 Å². The smallest absolute Gasteiger partial charge is 0.356 e. The Morgan fingerprint density at radius 3 is 2.11 bits per heavy atom. The number of aryl methyl sites for hydroxylation is 2. The summed E-state index contributed by atoms with van der Waals surface area (Å²) in [4.78, 5) is 42.6. The van der Waals surface area contributed by atoms with Gasteiger partial charge in [-0.1, -0.05) is 84.2 Å². The highest BCUT2D eigenvalue weighted by Gasteiger charge is 2.66. The molecule has 1 fully saturated rings. The Bertz CT molecular complexity index is 1730. The molecule has 0 spiro atoms. The number of rotatable bonds is 12. The highest BCUT2D eigenvalue weighted by molar-refractivity contribution is 8.01. The van der Waals surface area contributed by atoms with E-state index in [4.69, 9.17) is 9.47 Å². The topological polar surface area (TPSA) is 172 Å². The minimum absolute atomic E-state index is 0.0574. The van der Waals surface area contributed by atoms with Crippen molar-refractivity contribution in [1.82, 2.24) is 50.6 Å². The van der Waals surface area contributed by atoms with E-state index in [2.05, 4.69) is 36.4 Å². The van der Waals surface area contributed by atoms with E-state index in [-0.39, 0.29) is 11.4 Å². The molecule has 15 nitrogen and oxygen atoms in total. The van der Waals surface area contributed by atoms with Crippen LogP contribution in [0.1, 0.15) is 17.2 Å². The zero-order chi connectivity index (χ0) is 32.3. The van der Waals surface area contributed by atoms with Crippen molar-refractivity contribution in [2.45, 2.75) is 27.5 Å². The van der Waals surface area contributed by atoms with Crippen LogP contribution in [0.25, 0.3) is 0 Å². The lowest BCUT2D eigenvalue weighted by molar-refractivity contribution is -0.192. The number of tetrazole rings is 2. The number of amides is 2. The molecule has 46 heavy (non-hydrogen) atoms. The van der Waals surface area contributed by atoms with Crippen molar-refractivity contribution >= 4 is 53.1 Å². The van der Waals surface area contributed by atoms with Gasteiger partial charge in [-0.25, -0.2) is 14.2 Å². The molecule has 2 atom stereocenters. The predicted octanol–water partition coefficient (Wildman–Crippen LogP) is 1.58. The molecule has 1 N–H and O–H groups in total. The van der Waals surface area contributed by atoms with E-state index >= 15 is 0 Å². The number of esters is 1. The van der Waals surface area contributed by atoms with Crippen LogP contribution in [0.4, 0.5) is 0 Å². The molecule has 2 aliphatic heterocycles. The van der Waals surface area contributed by atoms with Gasteiger partial charge >= 0.3 is 5.97 Å². The molecule has 238 valence electrons. The normalized spacial score (nSPS) is 19.2. The fourth-order valence-corrected chi connectivity index (χ4v) is 8.08. The van der Waals surface area contributed by atoms with Crippen molar-refractivity contribution in [2.24, 2.45) is 14.1 Å². The first-order valence-electron chi connectivity index (χ1n) is 13.9. The van der Waals surface area contributed by atoms with Gasteiger partial charge in [-0.2, -0.15) is 0 Å². The molecule has 0 bridgehead atoms. The second kappa shape index (κ2) is 13.6. The average Bonchev–Trinajstić information content (AvgIpc) is 3.70. The van der Waals surface area contributed by atoms with Crippen molar-refractivity contribution < 1.29 is 23.9 Å². The summed E-state index contributed by atoms with van der Waals surface area (Å²) in [5.74, 6) is -1.10. The lowest BCUT2D eigenvalue weighted by Crippen LogP contribution is -2.80. The van der Waals surface area contributed by atoms with Crippen molar-refractivity contribution in [3.8, 4) is 0 Å². The summed E-state index contributed by atoms with van der Waals surface area (Å²) in [7, 11) is 4.73. The van der Waals surface area contributed by atoms with Crippen LogP contribution < -0.4 is 5.32 Å². The van der Waals surface area contributed by atoms with E-state index < -0.39 is 35.0 Å². The molecule has 0 saturated carbocycles. The number of thioether (sulfide) groups is 3. The number of aromatic nitrogens is 8. The lowest BCUT2D eigenvalue weighted by atomic mass is 9.98. The van der Waals surface area contributed by atoms with Gasteiger partial charge in [0.2, 0.25) is 16.2 Å². The Morgan fingerprint density at radius 2 is 1.57 bits per heavy atom. The van der Waals surface area contributed by atoms with Gasteiger partial charge < -0.3 is 14.8 Å². The number of β-lactam (4-membered cyclic amide) rings is 1. The van der Waals surface area contributed by atoms with E-state index in [0.717, 1.165) is 22.9 Å². The third kappa shape index (κ3) is 6.12. The maximum atomic E-state index is 14.2. The number of ether oxygens (including phenoxy) is 2. The highest BCUT2D eigenvalue weighted by atomic mass is 32.2. The fraction of sp³-hybridized carbons (Fsp3) is 0.321. The Labute approximate surface area is 275 Å². The van der Waals surface area contributed by atoms with E-state index in [1.54, 1.807) is 14.1 Å². The number of hydrogen-bond donors (Lipinski definition) is 1. The number of methoxy groups -OCH3 is 1. The molecule has 1 saturated heterocycles. The first-order chi connectivity index (χ1) is 22.3. The van der Waals surface area contributed by atoms with Gasteiger partial charge in [0.05, 0.1) is 5.75 Å². The number of hydrogen-bond acceptors (Lipinski definition) is 14. The van der Waals surface area contributed by atoms with Gasteiger partial charge in [-0.3, -0.25) is 14.5 Å². The molecule has 0 radical (unpaired) electrons. The summed E-state index contributed by atoms with van der Waals surface area (Å²) < 4.78 is 14.9. The molecule has 2 aliphatic rings. The largest absolute Gasteiger partial charge is 0.448 e. The third-order valence-corrected chi connectivity index (χ3v) is 10.7. The Kier molecular flexibility index (Phi) is 9.39. The van der Waals surface area contributed by atoms with Gasteiger partial charge in [0.25, 0.3) is 11.6 Å². The SMILES string of the molecule is CO[C@@]1(NC(=O)CSc2nnnn2C)C(=O)N2C(C(=O)OC(c3ccccc3)c3ccccc3)=C(CSc3nnnn3C)CS[C@@H]21. The summed E-state index contributed by atoms with van der Waals surface area (Å²) in [6.07, 6.45) is -0.734. The Morgan fingerprint density at radius 1 is 0.978 bits per heavy atom.